The van der Waals surface area contributed by atoms with Gasteiger partial charge in [-0.1, -0.05) is 0 Å². The highest BCUT2D eigenvalue weighted by atomic mass is 16.1. The highest BCUT2D eigenvalue weighted by Crippen LogP contribution is 1.90. The molecule has 0 fully saturated rings. The summed E-state index contributed by atoms with van der Waals surface area (Å²) in [4.78, 5) is 10.3. The fourth-order valence-corrected chi connectivity index (χ4v) is 0.494. The molecule has 1 rings (SSSR count). The van der Waals surface area contributed by atoms with Crippen LogP contribution in [0.5, 0.6) is 0 Å². The molecule has 0 radical (unpaired) electrons. The Hall–Kier alpha value is -1.03. The monoisotopic (exact) mass is 113 g/mol. The molecule has 1 aliphatic rings. The van der Waals surface area contributed by atoms with Gasteiger partial charge >= 0.3 is 0 Å². The van der Waals surface area contributed by atoms with Crippen molar-refractivity contribution < 1.29 is 4.79 Å². The molecule has 44 valence electrons. The van der Waals surface area contributed by atoms with E-state index in [9.17, 15) is 4.79 Å². The highest BCUT2D eigenvalue weighted by Gasteiger charge is 2.06. The molecule has 0 aromatic rings. The third-order valence-corrected chi connectivity index (χ3v) is 0.944. The largest absolute Gasteiger partial charge is 0.366 e. The summed E-state index contributed by atoms with van der Waals surface area (Å²) in [6.45, 7) is 0.523. The molecule has 0 aromatic carbocycles. The van der Waals surface area contributed by atoms with E-state index in [1.54, 1.807) is 6.20 Å². The summed E-state index contributed by atoms with van der Waals surface area (Å²) in [6, 6.07) is 0. The zero-order valence-electron chi connectivity index (χ0n) is 4.27. The van der Waals surface area contributed by atoms with Gasteiger partial charge in [-0.3, -0.25) is 4.79 Å². The Morgan fingerprint density at radius 2 is 2.62 bits per heavy atom. The van der Waals surface area contributed by atoms with Gasteiger partial charge in [-0.05, 0) is 0 Å². The van der Waals surface area contributed by atoms with E-state index in [2.05, 4.69) is 10.9 Å². The average Bonchev–Trinajstić information content (AvgIpc) is 2.12. The Labute approximate surface area is 46.7 Å². The minimum atomic E-state index is -0.373. The second-order valence-electron chi connectivity index (χ2n) is 1.53. The lowest BCUT2D eigenvalue weighted by atomic mass is 10.3. The molecule has 0 aliphatic carbocycles. The number of carbonyl (C=O) groups excluding carboxylic acids is 1. The fourth-order valence-electron chi connectivity index (χ4n) is 0.494. The summed E-state index contributed by atoms with van der Waals surface area (Å²) >= 11 is 0. The number of rotatable bonds is 1. The van der Waals surface area contributed by atoms with Crippen LogP contribution in [0.15, 0.2) is 11.8 Å². The van der Waals surface area contributed by atoms with Gasteiger partial charge in [0.05, 0.1) is 0 Å². The number of nitrogens with one attached hydrogen (secondary N) is 2. The smallest absolute Gasteiger partial charge is 0.247 e. The lowest BCUT2D eigenvalue weighted by Crippen LogP contribution is -2.23. The lowest BCUT2D eigenvalue weighted by Gasteiger charge is -1.88. The van der Waals surface area contributed by atoms with Gasteiger partial charge in [-0.2, -0.15) is 0 Å². The number of carbonyl (C=O) groups is 1. The van der Waals surface area contributed by atoms with Crippen LogP contribution in [0.3, 0.4) is 0 Å². The van der Waals surface area contributed by atoms with Crippen LogP contribution in [0.1, 0.15) is 0 Å². The first-order valence-corrected chi connectivity index (χ1v) is 2.28. The maximum absolute atomic E-state index is 10.3. The maximum atomic E-state index is 10.3. The average molecular weight is 113 g/mol. The van der Waals surface area contributed by atoms with Gasteiger partial charge in [0.15, 0.2) is 0 Å². The van der Waals surface area contributed by atoms with Crippen molar-refractivity contribution in [1.82, 2.24) is 10.9 Å². The first-order chi connectivity index (χ1) is 3.80. The van der Waals surface area contributed by atoms with E-state index in [0.717, 1.165) is 0 Å². The Morgan fingerprint density at radius 3 is 2.88 bits per heavy atom. The summed E-state index contributed by atoms with van der Waals surface area (Å²) in [6.07, 6.45) is 1.56. The summed E-state index contributed by atoms with van der Waals surface area (Å²) < 4.78 is 0. The predicted octanol–water partition coefficient (Wildman–Crippen LogP) is -1.54. The second-order valence-corrected chi connectivity index (χ2v) is 1.53. The van der Waals surface area contributed by atoms with Crippen molar-refractivity contribution in [2.45, 2.75) is 0 Å². The highest BCUT2D eigenvalue weighted by molar-refractivity contribution is 5.92. The number of amides is 1. The second kappa shape index (κ2) is 1.83. The Balaban J connectivity index is 2.57. The molecular weight excluding hydrogens is 106 g/mol. The van der Waals surface area contributed by atoms with E-state index in [1.807, 2.05) is 0 Å². The van der Waals surface area contributed by atoms with E-state index in [4.69, 9.17) is 5.73 Å². The number of primary amides is 1. The molecule has 4 nitrogen and oxygen atoms in total. The van der Waals surface area contributed by atoms with Crippen LogP contribution in [0, 0.1) is 0 Å². The van der Waals surface area contributed by atoms with E-state index < -0.39 is 0 Å². The van der Waals surface area contributed by atoms with Crippen LogP contribution >= 0.6 is 0 Å². The first-order valence-electron chi connectivity index (χ1n) is 2.28. The zero-order chi connectivity index (χ0) is 5.98. The molecular formula is C4H7N3O. The van der Waals surface area contributed by atoms with Crippen molar-refractivity contribution in [2.75, 3.05) is 6.54 Å². The lowest BCUT2D eigenvalue weighted by molar-refractivity contribution is -0.114. The molecule has 0 saturated carbocycles. The Morgan fingerprint density at radius 1 is 1.88 bits per heavy atom. The standard InChI is InChI=1S/C4H7N3O/c5-4(8)3-1-6-7-2-3/h1,6-7H,2H2,(H2,5,8). The number of hydrogen-bond donors (Lipinski definition) is 3. The molecule has 0 unspecified atom stereocenters. The van der Waals surface area contributed by atoms with Crippen molar-refractivity contribution in [3.8, 4) is 0 Å². The number of hydrazine groups is 1. The van der Waals surface area contributed by atoms with Crippen molar-refractivity contribution in [3.05, 3.63) is 11.8 Å². The van der Waals surface area contributed by atoms with Crippen LogP contribution < -0.4 is 16.6 Å². The van der Waals surface area contributed by atoms with E-state index >= 15 is 0 Å². The quantitative estimate of drug-likeness (QED) is 0.386. The molecule has 0 bridgehead atoms. The van der Waals surface area contributed by atoms with Gasteiger partial charge in [0.2, 0.25) is 5.91 Å². The van der Waals surface area contributed by atoms with Gasteiger partial charge in [-0.25, -0.2) is 5.43 Å². The van der Waals surface area contributed by atoms with Gasteiger partial charge in [0, 0.05) is 18.3 Å². The molecule has 0 saturated heterocycles. The minimum absolute atomic E-state index is 0.373. The third kappa shape index (κ3) is 0.788. The van der Waals surface area contributed by atoms with E-state index in [0.29, 0.717) is 12.1 Å². The molecule has 0 atom stereocenters. The SMILES string of the molecule is NC(=O)C1=CNNC1. The van der Waals surface area contributed by atoms with Crippen LogP contribution in [0.2, 0.25) is 0 Å². The maximum Gasteiger partial charge on any atom is 0.247 e. The molecule has 1 heterocycles. The molecule has 0 spiro atoms. The van der Waals surface area contributed by atoms with Gasteiger partial charge in [0.1, 0.15) is 0 Å². The van der Waals surface area contributed by atoms with Crippen molar-refractivity contribution in [3.63, 3.8) is 0 Å². The van der Waals surface area contributed by atoms with E-state index in [-0.39, 0.29) is 5.91 Å². The van der Waals surface area contributed by atoms with Gasteiger partial charge < -0.3 is 11.2 Å². The molecule has 0 aromatic heterocycles. The molecule has 1 amide bonds. The van der Waals surface area contributed by atoms with Crippen LogP contribution in [0.4, 0.5) is 0 Å². The zero-order valence-corrected chi connectivity index (χ0v) is 4.27. The molecule has 4 heteroatoms. The van der Waals surface area contributed by atoms with E-state index in [1.165, 1.54) is 0 Å². The Bertz CT molecular complexity index is 140. The van der Waals surface area contributed by atoms with Crippen molar-refractivity contribution in [1.29, 1.82) is 0 Å². The summed E-state index contributed by atoms with van der Waals surface area (Å²) in [5.74, 6) is -0.373. The normalized spacial score (nSPS) is 17.2. The number of hydrogen-bond acceptors (Lipinski definition) is 3. The third-order valence-electron chi connectivity index (χ3n) is 0.944. The van der Waals surface area contributed by atoms with Crippen LogP contribution in [-0.2, 0) is 4.79 Å². The van der Waals surface area contributed by atoms with Crippen molar-refractivity contribution >= 4 is 5.91 Å². The minimum Gasteiger partial charge on any atom is -0.366 e. The van der Waals surface area contributed by atoms with Gasteiger partial charge in [-0.15, -0.1) is 0 Å². The van der Waals surface area contributed by atoms with Crippen LogP contribution in [0.25, 0.3) is 0 Å². The molecule has 4 N–H and O–H groups in total. The molecule has 1 aliphatic heterocycles. The summed E-state index contributed by atoms with van der Waals surface area (Å²) in [5, 5.41) is 0. The van der Waals surface area contributed by atoms with Crippen molar-refractivity contribution in [2.24, 2.45) is 5.73 Å². The number of nitrogens with two attached hydrogens (primary N) is 1. The topological polar surface area (TPSA) is 67.2 Å². The first kappa shape index (κ1) is 5.11. The van der Waals surface area contributed by atoms with Gasteiger partial charge in [0.25, 0.3) is 0 Å². The summed E-state index contributed by atoms with van der Waals surface area (Å²) in [7, 11) is 0. The summed E-state index contributed by atoms with van der Waals surface area (Å²) in [5.41, 5.74) is 10.8. The Kier molecular flexibility index (Phi) is 1.17. The fraction of sp³-hybridized carbons (Fsp3) is 0.250. The van der Waals surface area contributed by atoms with Crippen LogP contribution in [-0.4, -0.2) is 12.5 Å². The predicted molar refractivity (Wildman–Crippen MR) is 28.4 cm³/mol. The molecule has 8 heavy (non-hydrogen) atoms.